The third-order valence-corrected chi connectivity index (χ3v) is 2.74. The molecule has 0 bridgehead atoms. The summed E-state index contributed by atoms with van der Waals surface area (Å²) in [6.45, 7) is 11.7. The van der Waals surface area contributed by atoms with Crippen LogP contribution in [0.2, 0.25) is 0 Å². The second-order valence-corrected chi connectivity index (χ2v) is 5.59. The first-order valence-corrected chi connectivity index (χ1v) is 5.58. The Morgan fingerprint density at radius 3 is 2.47 bits per heavy atom. The molecule has 0 radical (unpaired) electrons. The largest absolute Gasteiger partial charge is 0.333 e. The third-order valence-electron chi connectivity index (χ3n) is 2.74. The lowest BCUT2D eigenvalue weighted by atomic mass is 9.92. The predicted octanol–water partition coefficient (Wildman–Crippen LogP) is 2.16. The number of hydrogen-bond donors (Lipinski definition) is 1. The standard InChI is InChI=1S/C12H23N3/c1-9(2)10(13)7-15-8-14-6-11(15)12(3,4)5/h6,8-10H,7,13H2,1-5H3. The van der Waals surface area contributed by atoms with Gasteiger partial charge in [0, 0.05) is 29.9 Å². The van der Waals surface area contributed by atoms with Crippen molar-refractivity contribution in [1.29, 1.82) is 0 Å². The third kappa shape index (κ3) is 3.06. The second kappa shape index (κ2) is 4.35. The van der Waals surface area contributed by atoms with Gasteiger partial charge in [0.15, 0.2) is 0 Å². The topological polar surface area (TPSA) is 43.8 Å². The predicted molar refractivity (Wildman–Crippen MR) is 63.7 cm³/mol. The summed E-state index contributed by atoms with van der Waals surface area (Å²) >= 11 is 0. The van der Waals surface area contributed by atoms with Gasteiger partial charge in [0.25, 0.3) is 0 Å². The van der Waals surface area contributed by atoms with Gasteiger partial charge >= 0.3 is 0 Å². The summed E-state index contributed by atoms with van der Waals surface area (Å²) in [4.78, 5) is 4.21. The van der Waals surface area contributed by atoms with E-state index in [0.29, 0.717) is 5.92 Å². The van der Waals surface area contributed by atoms with E-state index in [0.717, 1.165) is 6.54 Å². The SMILES string of the molecule is CC(C)C(N)Cn1cncc1C(C)(C)C. The molecule has 1 unspecified atom stereocenters. The molecule has 0 saturated carbocycles. The van der Waals surface area contributed by atoms with Crippen LogP contribution in [0.15, 0.2) is 12.5 Å². The molecule has 1 aromatic rings. The lowest BCUT2D eigenvalue weighted by Crippen LogP contribution is -2.33. The van der Waals surface area contributed by atoms with Crippen LogP contribution < -0.4 is 5.73 Å². The molecule has 0 aliphatic heterocycles. The lowest BCUT2D eigenvalue weighted by Gasteiger charge is -2.23. The van der Waals surface area contributed by atoms with Gasteiger partial charge in [0.1, 0.15) is 0 Å². The number of hydrogen-bond acceptors (Lipinski definition) is 2. The van der Waals surface area contributed by atoms with E-state index >= 15 is 0 Å². The fourth-order valence-electron chi connectivity index (χ4n) is 1.53. The average molecular weight is 209 g/mol. The van der Waals surface area contributed by atoms with Gasteiger partial charge in [-0.2, -0.15) is 0 Å². The fourth-order valence-corrected chi connectivity index (χ4v) is 1.53. The van der Waals surface area contributed by atoms with Gasteiger partial charge in [0.2, 0.25) is 0 Å². The molecule has 1 heterocycles. The maximum Gasteiger partial charge on any atom is 0.0948 e. The summed E-state index contributed by atoms with van der Waals surface area (Å²) in [7, 11) is 0. The van der Waals surface area contributed by atoms with Crippen LogP contribution >= 0.6 is 0 Å². The summed E-state index contributed by atoms with van der Waals surface area (Å²) in [5, 5.41) is 0. The number of nitrogens with zero attached hydrogens (tertiary/aromatic N) is 2. The maximum absolute atomic E-state index is 6.07. The molecule has 3 heteroatoms. The molecule has 1 atom stereocenters. The molecule has 0 aliphatic rings. The van der Waals surface area contributed by atoms with Crippen LogP contribution in [0.25, 0.3) is 0 Å². The normalized spacial score (nSPS) is 14.6. The first-order chi connectivity index (χ1) is 6.82. The first-order valence-electron chi connectivity index (χ1n) is 5.58. The highest BCUT2D eigenvalue weighted by Crippen LogP contribution is 2.22. The van der Waals surface area contributed by atoms with Crippen molar-refractivity contribution in [2.75, 3.05) is 0 Å². The number of imidazole rings is 1. The smallest absolute Gasteiger partial charge is 0.0948 e. The van der Waals surface area contributed by atoms with Crippen LogP contribution in [0.5, 0.6) is 0 Å². The Balaban J connectivity index is 2.83. The molecule has 0 fully saturated rings. The van der Waals surface area contributed by atoms with E-state index in [4.69, 9.17) is 5.73 Å². The van der Waals surface area contributed by atoms with Crippen molar-refractivity contribution in [3.63, 3.8) is 0 Å². The summed E-state index contributed by atoms with van der Waals surface area (Å²) in [6.07, 6.45) is 3.82. The highest BCUT2D eigenvalue weighted by atomic mass is 15.1. The van der Waals surface area contributed by atoms with E-state index in [1.165, 1.54) is 5.69 Å². The number of aromatic nitrogens is 2. The minimum absolute atomic E-state index is 0.132. The van der Waals surface area contributed by atoms with Gasteiger partial charge in [-0.1, -0.05) is 34.6 Å². The van der Waals surface area contributed by atoms with E-state index in [-0.39, 0.29) is 11.5 Å². The van der Waals surface area contributed by atoms with E-state index in [1.807, 2.05) is 12.5 Å². The quantitative estimate of drug-likeness (QED) is 0.829. The van der Waals surface area contributed by atoms with Gasteiger partial charge in [0.05, 0.1) is 6.33 Å². The van der Waals surface area contributed by atoms with Crippen LogP contribution in [0.3, 0.4) is 0 Å². The zero-order chi connectivity index (χ0) is 11.6. The second-order valence-electron chi connectivity index (χ2n) is 5.59. The van der Waals surface area contributed by atoms with Gasteiger partial charge in [-0.15, -0.1) is 0 Å². The van der Waals surface area contributed by atoms with Crippen molar-refractivity contribution < 1.29 is 0 Å². The minimum Gasteiger partial charge on any atom is -0.333 e. The fraction of sp³-hybridized carbons (Fsp3) is 0.750. The van der Waals surface area contributed by atoms with Gasteiger partial charge < -0.3 is 10.3 Å². The molecule has 2 N–H and O–H groups in total. The molecule has 0 aromatic carbocycles. The Kier molecular flexibility index (Phi) is 3.55. The lowest BCUT2D eigenvalue weighted by molar-refractivity contribution is 0.411. The van der Waals surface area contributed by atoms with Crippen LogP contribution in [0, 0.1) is 5.92 Å². The molecule has 3 nitrogen and oxygen atoms in total. The summed E-state index contributed by atoms with van der Waals surface area (Å²) in [5.41, 5.74) is 7.45. The van der Waals surface area contributed by atoms with Crippen molar-refractivity contribution in [3.05, 3.63) is 18.2 Å². The Morgan fingerprint density at radius 2 is 2.00 bits per heavy atom. The average Bonchev–Trinajstić information content (AvgIpc) is 2.50. The molecule has 0 amide bonds. The molecular weight excluding hydrogens is 186 g/mol. The van der Waals surface area contributed by atoms with Gasteiger partial charge in [-0.3, -0.25) is 0 Å². The van der Waals surface area contributed by atoms with Crippen molar-refractivity contribution in [2.24, 2.45) is 11.7 Å². The Bertz CT molecular complexity index is 307. The zero-order valence-corrected chi connectivity index (χ0v) is 10.5. The summed E-state index contributed by atoms with van der Waals surface area (Å²) < 4.78 is 2.17. The van der Waals surface area contributed by atoms with Gasteiger partial charge in [-0.05, 0) is 5.92 Å². The van der Waals surface area contributed by atoms with E-state index in [2.05, 4.69) is 44.2 Å². The Morgan fingerprint density at radius 1 is 1.40 bits per heavy atom. The van der Waals surface area contributed by atoms with E-state index in [1.54, 1.807) is 0 Å². The van der Waals surface area contributed by atoms with E-state index < -0.39 is 0 Å². The first kappa shape index (κ1) is 12.2. The van der Waals surface area contributed by atoms with Gasteiger partial charge in [-0.25, -0.2) is 4.98 Å². The molecule has 1 rings (SSSR count). The number of nitrogens with two attached hydrogens (primary N) is 1. The molecule has 15 heavy (non-hydrogen) atoms. The Hall–Kier alpha value is -0.830. The molecular formula is C12H23N3. The highest BCUT2D eigenvalue weighted by Gasteiger charge is 2.20. The van der Waals surface area contributed by atoms with Crippen molar-refractivity contribution in [3.8, 4) is 0 Å². The van der Waals surface area contributed by atoms with Crippen LogP contribution in [-0.2, 0) is 12.0 Å². The Labute approximate surface area is 92.7 Å². The maximum atomic E-state index is 6.07. The molecule has 0 aliphatic carbocycles. The van der Waals surface area contributed by atoms with Crippen molar-refractivity contribution >= 4 is 0 Å². The minimum atomic E-state index is 0.132. The highest BCUT2D eigenvalue weighted by molar-refractivity contribution is 5.10. The van der Waals surface area contributed by atoms with Crippen LogP contribution in [0.1, 0.15) is 40.3 Å². The van der Waals surface area contributed by atoms with Crippen LogP contribution in [-0.4, -0.2) is 15.6 Å². The van der Waals surface area contributed by atoms with Crippen molar-refractivity contribution in [1.82, 2.24) is 9.55 Å². The zero-order valence-electron chi connectivity index (χ0n) is 10.5. The number of rotatable bonds is 3. The van der Waals surface area contributed by atoms with E-state index in [9.17, 15) is 0 Å². The van der Waals surface area contributed by atoms with Crippen LogP contribution in [0.4, 0.5) is 0 Å². The summed E-state index contributed by atoms with van der Waals surface area (Å²) in [6, 6.07) is 0.195. The molecule has 0 saturated heterocycles. The summed E-state index contributed by atoms with van der Waals surface area (Å²) in [5.74, 6) is 0.500. The molecule has 1 aromatic heterocycles. The molecule has 0 spiro atoms. The van der Waals surface area contributed by atoms with Crippen molar-refractivity contribution in [2.45, 2.75) is 52.6 Å². The monoisotopic (exact) mass is 209 g/mol. The molecule has 86 valence electrons.